The molecule has 2 N–H and O–H groups in total. The summed E-state index contributed by atoms with van der Waals surface area (Å²) < 4.78 is 7.01. The molecule has 1 atom stereocenters. The Bertz CT molecular complexity index is 711. The molecule has 1 aliphatic heterocycles. The molecule has 1 aromatic carbocycles. The third-order valence-corrected chi connectivity index (χ3v) is 3.37. The van der Waals surface area contributed by atoms with Crippen LogP contribution in [0, 0.1) is 0 Å². The van der Waals surface area contributed by atoms with Crippen LogP contribution in [0.2, 0.25) is 0 Å². The Labute approximate surface area is 120 Å². The number of amides is 2. The average Bonchev–Trinajstić information content (AvgIpc) is 2.92. The highest BCUT2D eigenvalue weighted by molar-refractivity contribution is 5.98. The van der Waals surface area contributed by atoms with Crippen molar-refractivity contribution >= 4 is 17.5 Å². The molecule has 1 aliphatic rings. The highest BCUT2D eigenvalue weighted by atomic mass is 16.5. The zero-order valence-corrected chi connectivity index (χ0v) is 11.3. The molecular weight excluding hydrogens is 274 g/mol. The molecule has 8 heteroatoms. The number of hydrogen-bond acceptors (Lipinski definition) is 5. The molecule has 108 valence electrons. The maximum atomic E-state index is 12.6. The number of carbonyl (C=O) groups excluding carboxylic acids is 2. The van der Waals surface area contributed by atoms with E-state index >= 15 is 0 Å². The Hall–Kier alpha value is -2.90. The lowest BCUT2D eigenvalue weighted by molar-refractivity contribution is -0.121. The Morgan fingerprint density at radius 3 is 2.95 bits per heavy atom. The fourth-order valence-corrected chi connectivity index (χ4v) is 2.28. The van der Waals surface area contributed by atoms with Crippen molar-refractivity contribution in [3.63, 3.8) is 0 Å². The zero-order chi connectivity index (χ0) is 15.0. The topological polar surface area (TPSA) is 103 Å². The molecule has 3 rings (SSSR count). The Morgan fingerprint density at radius 2 is 2.19 bits per heavy atom. The summed E-state index contributed by atoms with van der Waals surface area (Å²) in [5, 5.41) is 7.29. The number of fused-ring (bicyclic) bond motifs is 1. The molecule has 2 heterocycles. The fraction of sp³-hybridized carbons (Fsp3) is 0.231. The van der Waals surface area contributed by atoms with Crippen LogP contribution in [0.1, 0.15) is 16.7 Å². The molecule has 1 aromatic heterocycles. The second-order valence-corrected chi connectivity index (χ2v) is 4.62. The van der Waals surface area contributed by atoms with Crippen LogP contribution in [-0.4, -0.2) is 40.2 Å². The second kappa shape index (κ2) is 4.89. The maximum absolute atomic E-state index is 12.6. The number of nitrogens with zero attached hydrogens (tertiary/aromatic N) is 4. The molecule has 0 unspecified atom stereocenters. The van der Waals surface area contributed by atoms with E-state index in [1.165, 1.54) is 15.8 Å². The van der Waals surface area contributed by atoms with Crippen molar-refractivity contribution in [3.05, 3.63) is 36.4 Å². The first kappa shape index (κ1) is 13.1. The van der Waals surface area contributed by atoms with Crippen LogP contribution in [0.4, 0.5) is 5.69 Å². The Balaban J connectivity index is 2.02. The van der Waals surface area contributed by atoms with Gasteiger partial charge in [-0.2, -0.15) is 0 Å². The summed E-state index contributed by atoms with van der Waals surface area (Å²) in [6, 6.07) is 6.46. The van der Waals surface area contributed by atoms with Gasteiger partial charge in [-0.3, -0.25) is 14.2 Å². The predicted molar refractivity (Wildman–Crippen MR) is 72.9 cm³/mol. The molecule has 0 radical (unpaired) electrons. The summed E-state index contributed by atoms with van der Waals surface area (Å²) >= 11 is 0. The number of ether oxygens (including phenoxy) is 1. The second-order valence-electron chi connectivity index (χ2n) is 4.62. The molecule has 2 amide bonds. The lowest BCUT2D eigenvalue weighted by Gasteiger charge is -2.20. The van der Waals surface area contributed by atoms with Gasteiger partial charge in [0.15, 0.2) is 0 Å². The van der Waals surface area contributed by atoms with Crippen molar-refractivity contribution < 1.29 is 14.3 Å². The first-order chi connectivity index (χ1) is 10.1. The van der Waals surface area contributed by atoms with Crippen LogP contribution < -0.4 is 15.4 Å². The standard InChI is InChI=1S/C13H13N5O3/c1-17-8-4-2-3-5-10(8)21-6-9(13(17)20)18-7-15-16-12(18)11(14)19/h2-5,7,9H,6H2,1H3,(H2,14,19)/t9-/m0/s1. The Morgan fingerprint density at radius 1 is 1.43 bits per heavy atom. The summed E-state index contributed by atoms with van der Waals surface area (Å²) in [7, 11) is 1.65. The van der Waals surface area contributed by atoms with Gasteiger partial charge in [0.2, 0.25) is 5.82 Å². The van der Waals surface area contributed by atoms with E-state index in [0.29, 0.717) is 11.4 Å². The van der Waals surface area contributed by atoms with Gasteiger partial charge in [-0.25, -0.2) is 0 Å². The van der Waals surface area contributed by atoms with Crippen molar-refractivity contribution in [1.29, 1.82) is 0 Å². The van der Waals surface area contributed by atoms with E-state index in [-0.39, 0.29) is 18.3 Å². The van der Waals surface area contributed by atoms with E-state index < -0.39 is 11.9 Å². The third kappa shape index (κ3) is 2.10. The average molecular weight is 287 g/mol. The van der Waals surface area contributed by atoms with E-state index in [1.54, 1.807) is 19.2 Å². The number of aromatic nitrogens is 3. The zero-order valence-electron chi connectivity index (χ0n) is 11.3. The van der Waals surface area contributed by atoms with Crippen LogP contribution >= 0.6 is 0 Å². The molecule has 0 spiro atoms. The number of anilines is 1. The minimum absolute atomic E-state index is 0.0680. The van der Waals surface area contributed by atoms with E-state index in [1.807, 2.05) is 12.1 Å². The number of nitrogens with two attached hydrogens (primary N) is 1. The number of para-hydroxylation sites is 2. The van der Waals surface area contributed by atoms with Gasteiger partial charge in [-0.15, -0.1) is 10.2 Å². The van der Waals surface area contributed by atoms with Gasteiger partial charge in [-0.05, 0) is 12.1 Å². The first-order valence-electron chi connectivity index (χ1n) is 6.28. The lowest BCUT2D eigenvalue weighted by Crippen LogP contribution is -2.36. The molecule has 0 saturated heterocycles. The van der Waals surface area contributed by atoms with Crippen LogP contribution in [0.5, 0.6) is 5.75 Å². The molecule has 0 aliphatic carbocycles. The van der Waals surface area contributed by atoms with Crippen LogP contribution in [0.15, 0.2) is 30.6 Å². The highest BCUT2D eigenvalue weighted by Gasteiger charge is 2.32. The monoisotopic (exact) mass is 287 g/mol. The summed E-state index contributed by atoms with van der Waals surface area (Å²) in [4.78, 5) is 25.4. The summed E-state index contributed by atoms with van der Waals surface area (Å²) in [5.41, 5.74) is 5.91. The van der Waals surface area contributed by atoms with Gasteiger partial charge in [0.25, 0.3) is 11.8 Å². The SMILES string of the molecule is CN1C(=O)[C@@H](n2cnnc2C(N)=O)COc2ccccc21. The molecule has 8 nitrogen and oxygen atoms in total. The normalized spacial score (nSPS) is 17.9. The number of hydrogen-bond donors (Lipinski definition) is 1. The van der Waals surface area contributed by atoms with Crippen molar-refractivity contribution in [2.45, 2.75) is 6.04 Å². The first-order valence-corrected chi connectivity index (χ1v) is 6.28. The summed E-state index contributed by atoms with van der Waals surface area (Å²) in [5.74, 6) is -0.451. The molecule has 0 saturated carbocycles. The third-order valence-electron chi connectivity index (χ3n) is 3.37. The molecular formula is C13H13N5O3. The van der Waals surface area contributed by atoms with Crippen LogP contribution in [0.3, 0.4) is 0 Å². The summed E-state index contributed by atoms with van der Waals surface area (Å²) in [6.45, 7) is 0.0680. The lowest BCUT2D eigenvalue weighted by atomic mass is 10.2. The molecule has 0 fully saturated rings. The van der Waals surface area contributed by atoms with Gasteiger partial charge >= 0.3 is 0 Å². The number of carbonyl (C=O) groups is 2. The number of rotatable bonds is 2. The van der Waals surface area contributed by atoms with Gasteiger partial charge in [0.05, 0.1) is 5.69 Å². The van der Waals surface area contributed by atoms with Crippen LogP contribution in [0.25, 0.3) is 0 Å². The molecule has 21 heavy (non-hydrogen) atoms. The Kier molecular flexibility index (Phi) is 3.05. The van der Waals surface area contributed by atoms with Gasteiger partial charge in [0.1, 0.15) is 24.7 Å². The van der Waals surface area contributed by atoms with Crippen molar-refractivity contribution in [1.82, 2.24) is 14.8 Å². The van der Waals surface area contributed by atoms with Crippen LogP contribution in [-0.2, 0) is 4.79 Å². The van der Waals surface area contributed by atoms with E-state index in [4.69, 9.17) is 10.5 Å². The minimum atomic E-state index is -0.750. The largest absolute Gasteiger partial charge is 0.489 e. The van der Waals surface area contributed by atoms with Crippen molar-refractivity contribution in [2.75, 3.05) is 18.6 Å². The van der Waals surface area contributed by atoms with Crippen molar-refractivity contribution in [3.8, 4) is 5.75 Å². The summed E-state index contributed by atoms with van der Waals surface area (Å²) in [6.07, 6.45) is 1.30. The quantitative estimate of drug-likeness (QED) is 0.835. The predicted octanol–water partition coefficient (Wildman–Crippen LogP) is -0.0265. The van der Waals surface area contributed by atoms with Gasteiger partial charge < -0.3 is 15.4 Å². The van der Waals surface area contributed by atoms with Gasteiger partial charge in [-0.1, -0.05) is 12.1 Å². The number of likely N-dealkylation sites (N-methyl/N-ethyl adjacent to an activating group) is 1. The molecule has 0 bridgehead atoms. The van der Waals surface area contributed by atoms with Gasteiger partial charge in [0, 0.05) is 7.05 Å². The maximum Gasteiger partial charge on any atom is 0.286 e. The smallest absolute Gasteiger partial charge is 0.286 e. The van der Waals surface area contributed by atoms with E-state index in [9.17, 15) is 9.59 Å². The van der Waals surface area contributed by atoms with E-state index in [2.05, 4.69) is 10.2 Å². The minimum Gasteiger partial charge on any atom is -0.489 e. The van der Waals surface area contributed by atoms with E-state index in [0.717, 1.165) is 0 Å². The fourth-order valence-electron chi connectivity index (χ4n) is 2.28. The number of primary amides is 1. The van der Waals surface area contributed by atoms with Crippen molar-refractivity contribution in [2.24, 2.45) is 5.73 Å². The number of benzene rings is 1. The highest BCUT2D eigenvalue weighted by Crippen LogP contribution is 2.32. The molecule has 2 aromatic rings.